The molecule has 0 saturated carbocycles. The summed E-state index contributed by atoms with van der Waals surface area (Å²) in [5.74, 6) is 5.60. The molecule has 0 atom stereocenters. The summed E-state index contributed by atoms with van der Waals surface area (Å²) in [6.07, 6.45) is 1.89. The van der Waals surface area contributed by atoms with Crippen LogP contribution in [0.4, 0.5) is 10.2 Å². The van der Waals surface area contributed by atoms with Crippen LogP contribution in [0.1, 0.15) is 0 Å². The van der Waals surface area contributed by atoms with Crippen molar-refractivity contribution >= 4 is 22.4 Å². The molecule has 3 rings (SSSR count). The Hall–Kier alpha value is -2.14. The van der Waals surface area contributed by atoms with Gasteiger partial charge >= 0.3 is 0 Å². The van der Waals surface area contributed by atoms with Crippen LogP contribution in [0, 0.1) is 5.82 Å². The fourth-order valence-electron chi connectivity index (χ4n) is 1.86. The fourth-order valence-corrected chi connectivity index (χ4v) is 1.86. The van der Waals surface area contributed by atoms with Crippen molar-refractivity contribution in [2.24, 2.45) is 5.84 Å². The summed E-state index contributed by atoms with van der Waals surface area (Å²) in [5, 5.41) is 0. The molecule has 0 aliphatic heterocycles. The largest absolute Gasteiger partial charge is 0.312 e. The van der Waals surface area contributed by atoms with E-state index in [4.69, 9.17) is 5.84 Å². The summed E-state index contributed by atoms with van der Waals surface area (Å²) in [5.41, 5.74) is 4.79. The molecular weight excluding hydrogens is 207 g/mol. The van der Waals surface area contributed by atoms with E-state index in [-0.39, 0.29) is 5.82 Å². The predicted octanol–water partition coefficient (Wildman–Crippen LogP) is 1.91. The lowest BCUT2D eigenvalue weighted by atomic mass is 10.3. The Morgan fingerprint density at radius 3 is 2.94 bits per heavy atom. The lowest BCUT2D eigenvalue weighted by Gasteiger charge is -2.07. The molecule has 3 aromatic rings. The van der Waals surface area contributed by atoms with Crippen LogP contribution in [0.5, 0.6) is 0 Å². The third-order valence-electron chi connectivity index (χ3n) is 2.56. The van der Waals surface area contributed by atoms with Crippen molar-refractivity contribution in [3.63, 3.8) is 0 Å². The number of anilines is 1. The predicted molar refractivity (Wildman–Crippen MR) is 60.5 cm³/mol. The van der Waals surface area contributed by atoms with Gasteiger partial charge in [-0.2, -0.15) is 0 Å². The van der Waals surface area contributed by atoms with E-state index in [0.29, 0.717) is 11.3 Å². The molecular formula is C11H9FN4. The van der Waals surface area contributed by atoms with Gasteiger partial charge in [0.2, 0.25) is 0 Å². The first-order valence-corrected chi connectivity index (χ1v) is 4.82. The molecule has 0 bridgehead atoms. The first-order chi connectivity index (χ1) is 7.79. The van der Waals surface area contributed by atoms with Crippen molar-refractivity contribution in [1.29, 1.82) is 0 Å². The molecule has 0 radical (unpaired) electrons. The number of nitrogens with one attached hydrogen (secondary N) is 1. The number of benzene rings is 1. The zero-order valence-corrected chi connectivity index (χ0v) is 8.31. The number of nitrogens with two attached hydrogens (primary N) is 1. The quantitative estimate of drug-likeness (QED) is 0.482. The number of hydrazine groups is 1. The first-order valence-electron chi connectivity index (χ1n) is 4.82. The number of aromatic nitrogens is 2. The van der Waals surface area contributed by atoms with E-state index >= 15 is 0 Å². The van der Waals surface area contributed by atoms with Crippen molar-refractivity contribution < 1.29 is 4.39 Å². The van der Waals surface area contributed by atoms with Gasteiger partial charge in [0.15, 0.2) is 5.82 Å². The van der Waals surface area contributed by atoms with Crippen LogP contribution in [-0.4, -0.2) is 9.38 Å². The molecule has 2 aromatic heterocycles. The summed E-state index contributed by atoms with van der Waals surface area (Å²) >= 11 is 0. The van der Waals surface area contributed by atoms with E-state index in [9.17, 15) is 4.39 Å². The van der Waals surface area contributed by atoms with Gasteiger partial charge in [-0.15, -0.1) is 0 Å². The normalized spacial score (nSPS) is 11.1. The van der Waals surface area contributed by atoms with E-state index in [1.165, 1.54) is 12.1 Å². The third-order valence-corrected chi connectivity index (χ3v) is 2.56. The monoisotopic (exact) mass is 216 g/mol. The highest BCUT2D eigenvalue weighted by atomic mass is 19.1. The maximum atomic E-state index is 13.1. The molecule has 1 aromatic carbocycles. The second-order valence-electron chi connectivity index (χ2n) is 3.50. The minimum absolute atomic E-state index is 0.311. The topological polar surface area (TPSA) is 55.3 Å². The van der Waals surface area contributed by atoms with Crippen LogP contribution in [0.25, 0.3) is 16.6 Å². The standard InChI is InChI=1S/C11H9FN4/c12-7-3-4-9-8(6-7)14-11(15-13)10-2-1-5-16(9)10/h1-6H,13H2,(H,14,15). The van der Waals surface area contributed by atoms with Crippen LogP contribution < -0.4 is 11.3 Å². The lowest BCUT2D eigenvalue weighted by Crippen LogP contribution is -2.10. The summed E-state index contributed by atoms with van der Waals surface area (Å²) in [6.45, 7) is 0. The minimum Gasteiger partial charge on any atom is -0.312 e. The molecule has 0 amide bonds. The van der Waals surface area contributed by atoms with Gasteiger partial charge in [-0.1, -0.05) is 0 Å². The summed E-state index contributed by atoms with van der Waals surface area (Å²) in [6, 6.07) is 8.28. The van der Waals surface area contributed by atoms with Crippen molar-refractivity contribution in [3.8, 4) is 0 Å². The minimum atomic E-state index is -0.311. The molecule has 80 valence electrons. The molecule has 0 spiro atoms. The van der Waals surface area contributed by atoms with Crippen LogP contribution in [0.2, 0.25) is 0 Å². The maximum absolute atomic E-state index is 13.1. The van der Waals surface area contributed by atoms with Crippen molar-refractivity contribution in [1.82, 2.24) is 9.38 Å². The number of halogens is 1. The summed E-state index contributed by atoms with van der Waals surface area (Å²) in [4.78, 5) is 4.26. The highest BCUT2D eigenvalue weighted by Crippen LogP contribution is 2.22. The zero-order chi connectivity index (χ0) is 11.1. The van der Waals surface area contributed by atoms with Gasteiger partial charge in [0, 0.05) is 12.3 Å². The van der Waals surface area contributed by atoms with Gasteiger partial charge in [0.1, 0.15) is 5.82 Å². The van der Waals surface area contributed by atoms with E-state index in [1.807, 2.05) is 22.7 Å². The van der Waals surface area contributed by atoms with Gasteiger partial charge < -0.3 is 9.83 Å². The smallest absolute Gasteiger partial charge is 0.165 e. The molecule has 0 aliphatic carbocycles. The number of nitrogens with zero attached hydrogens (tertiary/aromatic N) is 2. The average molecular weight is 216 g/mol. The third kappa shape index (κ3) is 1.15. The van der Waals surface area contributed by atoms with Gasteiger partial charge in [-0.25, -0.2) is 15.2 Å². The Balaban J connectivity index is 2.53. The van der Waals surface area contributed by atoms with Crippen LogP contribution in [0.15, 0.2) is 36.5 Å². The van der Waals surface area contributed by atoms with E-state index in [2.05, 4.69) is 10.4 Å². The number of hydrogen-bond acceptors (Lipinski definition) is 3. The molecule has 16 heavy (non-hydrogen) atoms. The SMILES string of the molecule is NNc1nc2cc(F)ccc2n2cccc12. The van der Waals surface area contributed by atoms with Crippen LogP contribution in [-0.2, 0) is 0 Å². The average Bonchev–Trinajstić information content (AvgIpc) is 2.76. The van der Waals surface area contributed by atoms with Crippen molar-refractivity contribution in [2.75, 3.05) is 5.43 Å². The second kappa shape index (κ2) is 3.18. The number of fused-ring (bicyclic) bond motifs is 3. The van der Waals surface area contributed by atoms with E-state index in [1.54, 1.807) is 6.07 Å². The Morgan fingerprint density at radius 1 is 1.25 bits per heavy atom. The Bertz CT molecular complexity index is 674. The van der Waals surface area contributed by atoms with Crippen LogP contribution in [0.3, 0.4) is 0 Å². The molecule has 5 heteroatoms. The highest BCUT2D eigenvalue weighted by molar-refractivity contribution is 5.84. The van der Waals surface area contributed by atoms with E-state index in [0.717, 1.165) is 11.0 Å². The van der Waals surface area contributed by atoms with Gasteiger partial charge in [-0.05, 0) is 24.3 Å². The molecule has 2 heterocycles. The Labute approximate surface area is 90.5 Å². The molecule has 0 unspecified atom stereocenters. The van der Waals surface area contributed by atoms with Crippen molar-refractivity contribution in [2.45, 2.75) is 0 Å². The van der Waals surface area contributed by atoms with Gasteiger partial charge in [0.25, 0.3) is 0 Å². The second-order valence-corrected chi connectivity index (χ2v) is 3.50. The Kier molecular flexibility index (Phi) is 1.81. The summed E-state index contributed by atoms with van der Waals surface area (Å²) < 4.78 is 15.0. The fraction of sp³-hybridized carbons (Fsp3) is 0. The first kappa shape index (κ1) is 9.11. The van der Waals surface area contributed by atoms with Crippen LogP contribution >= 0.6 is 0 Å². The summed E-state index contributed by atoms with van der Waals surface area (Å²) in [7, 11) is 0. The zero-order valence-electron chi connectivity index (χ0n) is 8.31. The maximum Gasteiger partial charge on any atom is 0.165 e. The van der Waals surface area contributed by atoms with Gasteiger partial charge in [-0.3, -0.25) is 0 Å². The Morgan fingerprint density at radius 2 is 2.12 bits per heavy atom. The highest BCUT2D eigenvalue weighted by Gasteiger charge is 2.07. The van der Waals surface area contributed by atoms with Crippen molar-refractivity contribution in [3.05, 3.63) is 42.3 Å². The number of hydrogen-bond donors (Lipinski definition) is 2. The molecule has 3 N–H and O–H groups in total. The molecule has 0 aliphatic rings. The lowest BCUT2D eigenvalue weighted by molar-refractivity contribution is 0.629. The number of nitrogen functional groups attached to an aromatic ring is 1. The molecule has 0 saturated heterocycles. The number of rotatable bonds is 1. The molecule has 0 fully saturated rings. The van der Waals surface area contributed by atoms with Gasteiger partial charge in [0.05, 0.1) is 16.6 Å². The molecule has 4 nitrogen and oxygen atoms in total. The van der Waals surface area contributed by atoms with E-state index < -0.39 is 0 Å².